The van der Waals surface area contributed by atoms with Crippen molar-refractivity contribution in [1.29, 1.82) is 0 Å². The third-order valence-corrected chi connectivity index (χ3v) is 6.04. The molecule has 1 saturated heterocycles. The fourth-order valence-electron chi connectivity index (χ4n) is 4.75. The lowest BCUT2D eigenvalue weighted by Crippen LogP contribution is -2.39. The zero-order valence-corrected chi connectivity index (χ0v) is 16.8. The lowest BCUT2D eigenvalue weighted by atomic mass is 9.88. The summed E-state index contributed by atoms with van der Waals surface area (Å²) in [7, 11) is 0. The normalized spacial score (nSPS) is 22.9. The molecule has 0 bridgehead atoms. The number of nitrogens with one attached hydrogen (secondary N) is 1. The van der Waals surface area contributed by atoms with E-state index in [1.54, 1.807) is 0 Å². The summed E-state index contributed by atoms with van der Waals surface area (Å²) in [5, 5.41) is 4.86. The molecule has 0 amide bonds. The van der Waals surface area contributed by atoms with Crippen molar-refractivity contribution in [3.63, 3.8) is 0 Å². The number of aromatic amines is 1. The maximum absolute atomic E-state index is 5.90. The lowest BCUT2D eigenvalue weighted by molar-refractivity contribution is -0.0770. The van der Waals surface area contributed by atoms with Gasteiger partial charge in [-0.15, -0.1) is 0 Å². The summed E-state index contributed by atoms with van der Waals surface area (Å²) in [6, 6.07) is 10.4. The molecule has 3 aromatic rings. The SMILES string of the molecule is CC1(C)C[C@H](CN2CCCn3nc(-c4nc5ccccc5[nH]4)cc3C2)CCO1. The Labute approximate surface area is 165 Å². The number of ether oxygens (including phenoxy) is 1. The van der Waals surface area contributed by atoms with E-state index in [4.69, 9.17) is 14.8 Å². The summed E-state index contributed by atoms with van der Waals surface area (Å²) < 4.78 is 8.08. The average molecular weight is 380 g/mol. The predicted octanol–water partition coefficient (Wildman–Crippen LogP) is 3.84. The minimum absolute atomic E-state index is 0.0189. The van der Waals surface area contributed by atoms with Gasteiger partial charge in [0, 0.05) is 32.8 Å². The van der Waals surface area contributed by atoms with Crippen molar-refractivity contribution in [2.24, 2.45) is 5.92 Å². The van der Waals surface area contributed by atoms with E-state index >= 15 is 0 Å². The molecule has 2 aliphatic rings. The van der Waals surface area contributed by atoms with Crippen molar-refractivity contribution in [3.8, 4) is 11.5 Å². The third kappa shape index (κ3) is 3.59. The van der Waals surface area contributed by atoms with E-state index in [2.05, 4.69) is 40.5 Å². The maximum atomic E-state index is 5.90. The number of nitrogens with zero attached hydrogens (tertiary/aromatic N) is 4. The van der Waals surface area contributed by atoms with Gasteiger partial charge in [-0.25, -0.2) is 4.98 Å². The van der Waals surface area contributed by atoms with Gasteiger partial charge in [-0.2, -0.15) is 5.10 Å². The van der Waals surface area contributed by atoms with Crippen molar-refractivity contribution < 1.29 is 4.74 Å². The smallest absolute Gasteiger partial charge is 0.159 e. The van der Waals surface area contributed by atoms with E-state index in [-0.39, 0.29) is 5.60 Å². The fraction of sp³-hybridized carbons (Fsp3) is 0.545. The molecule has 1 fully saturated rings. The fourth-order valence-corrected chi connectivity index (χ4v) is 4.75. The maximum Gasteiger partial charge on any atom is 0.159 e. The van der Waals surface area contributed by atoms with Gasteiger partial charge in [-0.05, 0) is 57.2 Å². The number of hydrogen-bond acceptors (Lipinski definition) is 4. The Morgan fingerprint density at radius 1 is 1.25 bits per heavy atom. The number of imidazole rings is 1. The number of fused-ring (bicyclic) bond motifs is 2. The van der Waals surface area contributed by atoms with Crippen LogP contribution in [0.25, 0.3) is 22.6 Å². The summed E-state index contributed by atoms with van der Waals surface area (Å²) in [6.45, 7) is 9.56. The number of rotatable bonds is 3. The predicted molar refractivity (Wildman–Crippen MR) is 110 cm³/mol. The molecule has 4 heterocycles. The number of aryl methyl sites for hydroxylation is 1. The van der Waals surface area contributed by atoms with Gasteiger partial charge in [0.15, 0.2) is 5.82 Å². The molecule has 2 aliphatic heterocycles. The second kappa shape index (κ2) is 7.01. The van der Waals surface area contributed by atoms with Crippen LogP contribution in [0.5, 0.6) is 0 Å². The molecule has 6 nitrogen and oxygen atoms in total. The number of benzene rings is 1. The second-order valence-corrected chi connectivity index (χ2v) is 8.90. The van der Waals surface area contributed by atoms with Gasteiger partial charge in [-0.3, -0.25) is 9.58 Å². The van der Waals surface area contributed by atoms with E-state index in [0.717, 1.165) is 68.2 Å². The number of H-pyrrole nitrogens is 1. The van der Waals surface area contributed by atoms with Crippen LogP contribution >= 0.6 is 0 Å². The molecule has 1 aromatic carbocycles. The summed E-state index contributed by atoms with van der Waals surface area (Å²) in [4.78, 5) is 10.7. The Morgan fingerprint density at radius 3 is 3.00 bits per heavy atom. The van der Waals surface area contributed by atoms with Crippen LogP contribution in [-0.2, 0) is 17.8 Å². The molecule has 1 N–H and O–H groups in total. The Balaban J connectivity index is 1.34. The third-order valence-electron chi connectivity index (χ3n) is 6.04. The van der Waals surface area contributed by atoms with E-state index < -0.39 is 0 Å². The average Bonchev–Trinajstić information content (AvgIpc) is 3.20. The molecule has 0 spiro atoms. The minimum Gasteiger partial charge on any atom is -0.376 e. The molecule has 5 rings (SSSR count). The van der Waals surface area contributed by atoms with Crippen molar-refractivity contribution in [3.05, 3.63) is 36.0 Å². The molecule has 1 atom stereocenters. The van der Waals surface area contributed by atoms with Crippen LogP contribution in [-0.4, -0.2) is 49.9 Å². The Hall–Kier alpha value is -2.18. The van der Waals surface area contributed by atoms with E-state index in [1.807, 2.05) is 18.2 Å². The first-order valence-electron chi connectivity index (χ1n) is 10.4. The number of hydrogen-bond donors (Lipinski definition) is 1. The largest absolute Gasteiger partial charge is 0.376 e. The summed E-state index contributed by atoms with van der Waals surface area (Å²) in [5.74, 6) is 1.58. The zero-order valence-electron chi connectivity index (χ0n) is 16.8. The first-order chi connectivity index (χ1) is 13.6. The molecule has 0 saturated carbocycles. The van der Waals surface area contributed by atoms with Crippen molar-refractivity contribution in [2.45, 2.75) is 51.8 Å². The van der Waals surface area contributed by atoms with Gasteiger partial charge < -0.3 is 9.72 Å². The van der Waals surface area contributed by atoms with Crippen LogP contribution in [0.2, 0.25) is 0 Å². The molecule has 0 aliphatic carbocycles. The van der Waals surface area contributed by atoms with E-state index in [1.165, 1.54) is 12.1 Å². The van der Waals surface area contributed by atoms with Crippen LogP contribution in [0.3, 0.4) is 0 Å². The molecule has 0 radical (unpaired) electrons. The molecule has 2 aromatic heterocycles. The van der Waals surface area contributed by atoms with Gasteiger partial charge in [0.2, 0.25) is 0 Å². The highest BCUT2D eigenvalue weighted by Crippen LogP contribution is 2.30. The summed E-state index contributed by atoms with van der Waals surface area (Å²) >= 11 is 0. The first-order valence-corrected chi connectivity index (χ1v) is 10.4. The van der Waals surface area contributed by atoms with Gasteiger partial charge in [-0.1, -0.05) is 12.1 Å². The van der Waals surface area contributed by atoms with Crippen LogP contribution in [0.4, 0.5) is 0 Å². The highest BCUT2D eigenvalue weighted by molar-refractivity contribution is 5.78. The van der Waals surface area contributed by atoms with E-state index in [0.29, 0.717) is 5.92 Å². The zero-order chi connectivity index (χ0) is 19.1. The molecule has 28 heavy (non-hydrogen) atoms. The first kappa shape index (κ1) is 17.9. The second-order valence-electron chi connectivity index (χ2n) is 8.90. The monoisotopic (exact) mass is 379 g/mol. The van der Waals surface area contributed by atoms with Crippen molar-refractivity contribution in [2.75, 3.05) is 19.7 Å². The summed E-state index contributed by atoms with van der Waals surface area (Å²) in [5.41, 5.74) is 4.30. The Morgan fingerprint density at radius 2 is 2.14 bits per heavy atom. The topological polar surface area (TPSA) is 59.0 Å². The van der Waals surface area contributed by atoms with Gasteiger partial charge in [0.25, 0.3) is 0 Å². The molecular weight excluding hydrogens is 350 g/mol. The summed E-state index contributed by atoms with van der Waals surface area (Å²) in [6.07, 6.45) is 3.46. The minimum atomic E-state index is 0.0189. The quantitative estimate of drug-likeness (QED) is 0.751. The Kier molecular flexibility index (Phi) is 4.48. The standard InChI is InChI=1S/C22H29N5O/c1-22(2)13-16(8-11-28-22)14-26-9-5-10-27-17(15-26)12-20(25-27)21-23-18-6-3-4-7-19(18)24-21/h3-4,6-7,12,16H,5,8-11,13-15H2,1-2H3,(H,23,24)/t16-/m1/s1. The molecular formula is C22H29N5O. The van der Waals surface area contributed by atoms with Crippen molar-refractivity contribution in [1.82, 2.24) is 24.6 Å². The molecule has 0 unspecified atom stereocenters. The molecule has 148 valence electrons. The van der Waals surface area contributed by atoms with Gasteiger partial charge >= 0.3 is 0 Å². The number of para-hydroxylation sites is 2. The van der Waals surface area contributed by atoms with Crippen LogP contribution in [0.1, 0.15) is 38.8 Å². The van der Waals surface area contributed by atoms with Gasteiger partial charge in [0.1, 0.15) is 5.69 Å². The van der Waals surface area contributed by atoms with Crippen LogP contribution in [0, 0.1) is 5.92 Å². The number of aromatic nitrogens is 4. The Bertz CT molecular complexity index is 939. The highest BCUT2D eigenvalue weighted by Gasteiger charge is 2.30. The van der Waals surface area contributed by atoms with E-state index in [9.17, 15) is 0 Å². The van der Waals surface area contributed by atoms with Gasteiger partial charge in [0.05, 0.1) is 22.3 Å². The lowest BCUT2D eigenvalue weighted by Gasteiger charge is -2.37. The molecule has 6 heteroatoms. The van der Waals surface area contributed by atoms with Crippen LogP contribution in [0.15, 0.2) is 30.3 Å². The van der Waals surface area contributed by atoms with Crippen molar-refractivity contribution >= 4 is 11.0 Å². The highest BCUT2D eigenvalue weighted by atomic mass is 16.5. The van der Waals surface area contributed by atoms with Crippen LogP contribution < -0.4 is 0 Å².